The fourth-order valence-corrected chi connectivity index (χ4v) is 2.77. The molecule has 0 aliphatic carbocycles. The zero-order chi connectivity index (χ0) is 19.9. The molecule has 0 radical (unpaired) electrons. The fourth-order valence-electron chi connectivity index (χ4n) is 2.77. The Hall–Kier alpha value is -3.79. The molecule has 2 aromatic carbocycles. The third-order valence-electron chi connectivity index (χ3n) is 4.02. The molecule has 0 bridgehead atoms. The summed E-state index contributed by atoms with van der Waals surface area (Å²) in [7, 11) is 0. The van der Waals surface area contributed by atoms with Gasteiger partial charge in [-0.1, -0.05) is 24.1 Å². The van der Waals surface area contributed by atoms with Crippen LogP contribution in [-0.4, -0.2) is 22.4 Å². The highest BCUT2D eigenvalue weighted by atomic mass is 16.5. The van der Waals surface area contributed by atoms with Gasteiger partial charge in [0.1, 0.15) is 12.3 Å². The van der Waals surface area contributed by atoms with Gasteiger partial charge in [0.25, 0.3) is 5.56 Å². The van der Waals surface area contributed by atoms with Crippen LogP contribution in [0.15, 0.2) is 53.3 Å². The van der Waals surface area contributed by atoms with Gasteiger partial charge >= 0.3 is 6.03 Å². The molecular formula is C21H20N4O3. The first-order valence-electron chi connectivity index (χ1n) is 8.82. The summed E-state index contributed by atoms with van der Waals surface area (Å²) in [4.78, 5) is 24.6. The van der Waals surface area contributed by atoms with Gasteiger partial charge in [-0.3, -0.25) is 4.79 Å². The molecule has 28 heavy (non-hydrogen) atoms. The first-order chi connectivity index (χ1) is 13.6. The molecular weight excluding hydrogens is 356 g/mol. The Labute approximate surface area is 162 Å². The maximum atomic E-state index is 12.4. The number of carbonyl (C=O) groups excluding carboxylic acids is 1. The molecule has 0 saturated carbocycles. The van der Waals surface area contributed by atoms with E-state index in [1.165, 1.54) is 4.68 Å². The second kappa shape index (κ2) is 8.73. The molecule has 0 aliphatic heterocycles. The van der Waals surface area contributed by atoms with Crippen molar-refractivity contribution in [1.29, 1.82) is 0 Å². The van der Waals surface area contributed by atoms with Crippen LogP contribution in [0.1, 0.15) is 12.6 Å². The molecule has 0 fully saturated rings. The van der Waals surface area contributed by atoms with Gasteiger partial charge in [-0.25, -0.2) is 9.48 Å². The first kappa shape index (κ1) is 19.0. The largest absolute Gasteiger partial charge is 0.494 e. The van der Waals surface area contributed by atoms with Crippen LogP contribution in [0.5, 0.6) is 5.75 Å². The number of hydrogen-bond donors (Lipinski definition) is 2. The van der Waals surface area contributed by atoms with Crippen molar-refractivity contribution in [3.8, 4) is 18.1 Å². The summed E-state index contributed by atoms with van der Waals surface area (Å²) >= 11 is 0. The van der Waals surface area contributed by atoms with E-state index >= 15 is 0 Å². The summed E-state index contributed by atoms with van der Waals surface area (Å²) in [6.45, 7) is 2.70. The number of rotatable bonds is 6. The number of carbonyl (C=O) groups is 1. The summed E-state index contributed by atoms with van der Waals surface area (Å²) in [5, 5.41) is 11.0. The molecule has 0 spiro atoms. The molecule has 7 heteroatoms. The molecule has 1 aromatic heterocycles. The second-order valence-electron chi connectivity index (χ2n) is 5.92. The van der Waals surface area contributed by atoms with Crippen LogP contribution < -0.4 is 20.9 Å². The van der Waals surface area contributed by atoms with Crippen LogP contribution in [-0.2, 0) is 13.1 Å². The Morgan fingerprint density at radius 2 is 1.89 bits per heavy atom. The van der Waals surface area contributed by atoms with Crippen molar-refractivity contribution in [2.45, 2.75) is 20.0 Å². The monoisotopic (exact) mass is 376 g/mol. The SMILES string of the molecule is C#CCn1nc(CNC(=O)Nc2ccc(OCC)cc2)c2ccccc2c1=O. The molecule has 0 unspecified atom stereocenters. The topological polar surface area (TPSA) is 85.2 Å². The second-order valence-corrected chi connectivity index (χ2v) is 5.92. The highest BCUT2D eigenvalue weighted by Gasteiger charge is 2.11. The van der Waals surface area contributed by atoms with Gasteiger partial charge in [0.2, 0.25) is 0 Å². The predicted molar refractivity (Wildman–Crippen MR) is 108 cm³/mol. The zero-order valence-electron chi connectivity index (χ0n) is 15.4. The Balaban J connectivity index is 1.74. The van der Waals surface area contributed by atoms with Crippen LogP contribution in [0.3, 0.4) is 0 Å². The van der Waals surface area contributed by atoms with Crippen molar-refractivity contribution in [2.75, 3.05) is 11.9 Å². The highest BCUT2D eigenvalue weighted by molar-refractivity contribution is 5.90. The number of amides is 2. The van der Waals surface area contributed by atoms with Crippen molar-refractivity contribution in [3.63, 3.8) is 0 Å². The smallest absolute Gasteiger partial charge is 0.319 e. The van der Waals surface area contributed by atoms with E-state index in [0.29, 0.717) is 28.8 Å². The van der Waals surface area contributed by atoms with Gasteiger partial charge < -0.3 is 15.4 Å². The van der Waals surface area contributed by atoms with E-state index in [-0.39, 0.29) is 24.7 Å². The molecule has 3 aromatic rings. The van der Waals surface area contributed by atoms with Crippen molar-refractivity contribution in [1.82, 2.24) is 15.1 Å². The molecule has 0 atom stereocenters. The van der Waals surface area contributed by atoms with Crippen LogP contribution in [0.25, 0.3) is 10.8 Å². The van der Waals surface area contributed by atoms with Crippen molar-refractivity contribution in [3.05, 3.63) is 64.6 Å². The quantitative estimate of drug-likeness (QED) is 0.648. The summed E-state index contributed by atoms with van der Waals surface area (Å²) in [5.74, 6) is 3.15. The van der Waals surface area contributed by atoms with Crippen molar-refractivity contribution in [2.24, 2.45) is 0 Å². The minimum Gasteiger partial charge on any atom is -0.494 e. The lowest BCUT2D eigenvalue weighted by molar-refractivity contribution is 0.251. The minimum absolute atomic E-state index is 0.0645. The summed E-state index contributed by atoms with van der Waals surface area (Å²) < 4.78 is 6.60. The van der Waals surface area contributed by atoms with Crippen molar-refractivity contribution < 1.29 is 9.53 Å². The van der Waals surface area contributed by atoms with E-state index in [1.807, 2.05) is 13.0 Å². The maximum Gasteiger partial charge on any atom is 0.319 e. The summed E-state index contributed by atoms with van der Waals surface area (Å²) in [5.41, 5.74) is 0.944. The standard InChI is InChI=1S/C21H20N4O3/c1-3-13-25-20(26)18-8-6-5-7-17(18)19(24-25)14-22-21(27)23-15-9-11-16(12-10-15)28-4-2/h1,5-12H,4,13-14H2,2H3,(H2,22,23,27). The molecule has 0 saturated heterocycles. The Bertz CT molecular complexity index is 1080. The highest BCUT2D eigenvalue weighted by Crippen LogP contribution is 2.16. The third kappa shape index (κ3) is 4.30. The zero-order valence-corrected chi connectivity index (χ0v) is 15.4. The summed E-state index contributed by atoms with van der Waals surface area (Å²) in [6, 6.07) is 13.8. The number of hydrogen-bond acceptors (Lipinski definition) is 4. The number of benzene rings is 2. The average Bonchev–Trinajstić information content (AvgIpc) is 2.71. The third-order valence-corrected chi connectivity index (χ3v) is 4.02. The molecule has 1 heterocycles. The van der Waals surface area contributed by atoms with Crippen LogP contribution in [0.2, 0.25) is 0 Å². The molecule has 2 amide bonds. The number of nitrogens with zero attached hydrogens (tertiary/aromatic N) is 2. The summed E-state index contributed by atoms with van der Waals surface area (Å²) in [6.07, 6.45) is 5.32. The number of urea groups is 1. The number of terminal acetylenes is 1. The number of ether oxygens (including phenoxy) is 1. The van der Waals surface area contributed by atoms with E-state index in [2.05, 4.69) is 21.7 Å². The van der Waals surface area contributed by atoms with Crippen molar-refractivity contribution >= 4 is 22.5 Å². The number of anilines is 1. The maximum absolute atomic E-state index is 12.4. The lowest BCUT2D eigenvalue weighted by Gasteiger charge is -2.11. The van der Waals surface area contributed by atoms with Crippen LogP contribution in [0.4, 0.5) is 10.5 Å². The Morgan fingerprint density at radius 1 is 1.18 bits per heavy atom. The molecule has 0 aliphatic rings. The predicted octanol–water partition coefficient (Wildman–Crippen LogP) is 2.75. The number of aromatic nitrogens is 2. The number of nitrogens with one attached hydrogen (secondary N) is 2. The molecule has 3 rings (SSSR count). The van der Waals surface area contributed by atoms with Gasteiger partial charge in [-0.05, 0) is 37.3 Å². The van der Waals surface area contributed by atoms with E-state index < -0.39 is 0 Å². The lowest BCUT2D eigenvalue weighted by Crippen LogP contribution is -2.31. The van der Waals surface area contributed by atoms with Gasteiger partial charge in [0.15, 0.2) is 0 Å². The van der Waals surface area contributed by atoms with Gasteiger partial charge in [-0.2, -0.15) is 5.10 Å². The van der Waals surface area contributed by atoms with E-state index in [1.54, 1.807) is 42.5 Å². The van der Waals surface area contributed by atoms with E-state index in [4.69, 9.17) is 11.2 Å². The Kier molecular flexibility index (Phi) is 5.92. The molecule has 142 valence electrons. The first-order valence-corrected chi connectivity index (χ1v) is 8.82. The Morgan fingerprint density at radius 3 is 2.57 bits per heavy atom. The number of fused-ring (bicyclic) bond motifs is 1. The normalized spacial score (nSPS) is 10.3. The van der Waals surface area contributed by atoms with Crippen LogP contribution >= 0.6 is 0 Å². The fraction of sp³-hybridized carbons (Fsp3) is 0.190. The molecule has 7 nitrogen and oxygen atoms in total. The van der Waals surface area contributed by atoms with Gasteiger partial charge in [0, 0.05) is 11.1 Å². The van der Waals surface area contributed by atoms with E-state index in [0.717, 1.165) is 5.75 Å². The average molecular weight is 376 g/mol. The van der Waals surface area contributed by atoms with Gasteiger partial charge in [0.05, 0.1) is 24.2 Å². The minimum atomic E-state index is -0.384. The molecule has 2 N–H and O–H groups in total. The van der Waals surface area contributed by atoms with E-state index in [9.17, 15) is 9.59 Å². The van der Waals surface area contributed by atoms with Gasteiger partial charge in [-0.15, -0.1) is 6.42 Å². The van der Waals surface area contributed by atoms with Crippen LogP contribution in [0, 0.1) is 12.3 Å². The lowest BCUT2D eigenvalue weighted by atomic mass is 10.1.